The minimum Gasteiger partial charge on any atom is -0.507 e. The van der Waals surface area contributed by atoms with Crippen LogP contribution in [0, 0.1) is 0 Å². The lowest BCUT2D eigenvalue weighted by Gasteiger charge is -2.13. The van der Waals surface area contributed by atoms with Crippen LogP contribution in [0.4, 0.5) is 0 Å². The molecule has 2 aromatic heterocycles. The third-order valence-electron chi connectivity index (χ3n) is 3.29. The summed E-state index contributed by atoms with van der Waals surface area (Å²) >= 11 is 1.09. The van der Waals surface area contributed by atoms with Crippen molar-refractivity contribution in [2.45, 2.75) is 0 Å². The number of aromatic nitrogens is 1. The van der Waals surface area contributed by atoms with E-state index in [1.54, 1.807) is 12.1 Å². The van der Waals surface area contributed by atoms with Crippen molar-refractivity contribution in [3.05, 3.63) is 58.3 Å². The Morgan fingerprint density at radius 3 is 2.71 bits per heavy atom. The summed E-state index contributed by atoms with van der Waals surface area (Å²) in [5.41, 5.74) is 0.350. The summed E-state index contributed by atoms with van der Waals surface area (Å²) in [4.78, 5) is 29.4. The molecule has 6 heteroatoms. The molecule has 2 heterocycles. The van der Waals surface area contributed by atoms with Gasteiger partial charge in [-0.2, -0.15) is 0 Å². The van der Waals surface area contributed by atoms with Crippen molar-refractivity contribution in [1.29, 1.82) is 0 Å². The summed E-state index contributed by atoms with van der Waals surface area (Å²) in [6.45, 7) is 0. The van der Waals surface area contributed by atoms with Crippen molar-refractivity contribution in [3.63, 3.8) is 0 Å². The molecule has 0 amide bonds. The van der Waals surface area contributed by atoms with Crippen molar-refractivity contribution >= 4 is 22.9 Å². The topological polar surface area (TPSA) is 80.4 Å². The fourth-order valence-electron chi connectivity index (χ4n) is 2.34. The van der Waals surface area contributed by atoms with Gasteiger partial charge in [0.25, 0.3) is 0 Å². The second-order valence-corrected chi connectivity index (χ2v) is 5.53. The second kappa shape index (κ2) is 4.13. The zero-order valence-electron chi connectivity index (χ0n) is 10.5. The predicted octanol–water partition coefficient (Wildman–Crippen LogP) is 2.88. The van der Waals surface area contributed by atoms with Gasteiger partial charge in [0.15, 0.2) is 10.8 Å². The van der Waals surface area contributed by atoms with Crippen molar-refractivity contribution < 1.29 is 19.1 Å². The van der Waals surface area contributed by atoms with Crippen molar-refractivity contribution in [2.75, 3.05) is 0 Å². The molecule has 4 rings (SSSR count). The molecule has 0 unspecified atom stereocenters. The molecule has 0 radical (unpaired) electrons. The Morgan fingerprint density at radius 2 is 1.95 bits per heavy atom. The first-order valence-corrected chi connectivity index (χ1v) is 6.94. The lowest BCUT2D eigenvalue weighted by Crippen LogP contribution is -2.19. The highest BCUT2D eigenvalue weighted by Gasteiger charge is 2.35. The normalized spacial score (nSPS) is 13.1. The summed E-state index contributed by atoms with van der Waals surface area (Å²) in [6.07, 6.45) is 1.50. The van der Waals surface area contributed by atoms with Crippen LogP contribution in [-0.2, 0) is 0 Å². The Hall–Kier alpha value is -2.73. The van der Waals surface area contributed by atoms with Crippen LogP contribution in [0.25, 0.3) is 10.8 Å². The van der Waals surface area contributed by atoms with Crippen LogP contribution in [0.5, 0.6) is 5.75 Å². The number of phenolic OH excluding ortho intramolecular Hbond substituents is 1. The fourth-order valence-corrected chi connectivity index (χ4v) is 3.32. The first-order chi connectivity index (χ1) is 10.2. The number of hydrogen-bond donors (Lipinski definition) is 1. The van der Waals surface area contributed by atoms with Gasteiger partial charge in [0.05, 0.1) is 11.8 Å². The summed E-state index contributed by atoms with van der Waals surface area (Å²) in [6, 6.07) is 7.86. The lowest BCUT2D eigenvalue weighted by atomic mass is 9.91. The maximum absolute atomic E-state index is 12.5. The molecule has 1 aliphatic carbocycles. The van der Waals surface area contributed by atoms with Crippen LogP contribution in [0.2, 0.25) is 0 Å². The van der Waals surface area contributed by atoms with Gasteiger partial charge >= 0.3 is 0 Å². The maximum Gasteiger partial charge on any atom is 0.213 e. The summed E-state index contributed by atoms with van der Waals surface area (Å²) < 4.78 is 5.24. The van der Waals surface area contributed by atoms with Gasteiger partial charge in [-0.05, 0) is 24.3 Å². The maximum atomic E-state index is 12.5. The number of carbonyl (C=O) groups excluding carboxylic acids is 2. The highest BCUT2D eigenvalue weighted by atomic mass is 32.1. The number of nitrogens with zero attached hydrogens (tertiary/aromatic N) is 1. The molecule has 0 saturated carbocycles. The molecule has 0 aliphatic heterocycles. The van der Waals surface area contributed by atoms with Gasteiger partial charge in [-0.15, -0.1) is 11.3 Å². The van der Waals surface area contributed by atoms with Gasteiger partial charge in [-0.25, -0.2) is 4.98 Å². The largest absolute Gasteiger partial charge is 0.507 e. The average Bonchev–Trinajstić information content (AvgIpc) is 3.13. The molecule has 3 aromatic rings. The van der Waals surface area contributed by atoms with Crippen molar-refractivity contribution in [2.24, 2.45) is 0 Å². The van der Waals surface area contributed by atoms with Crippen molar-refractivity contribution in [3.8, 4) is 16.5 Å². The van der Waals surface area contributed by atoms with E-state index in [1.807, 2.05) is 0 Å². The molecule has 1 aliphatic rings. The predicted molar refractivity (Wildman–Crippen MR) is 74.8 cm³/mol. The van der Waals surface area contributed by atoms with E-state index in [9.17, 15) is 14.7 Å². The monoisotopic (exact) mass is 297 g/mol. The Labute approximate surface area is 122 Å². The van der Waals surface area contributed by atoms with Gasteiger partial charge in [-0.1, -0.05) is 6.07 Å². The summed E-state index contributed by atoms with van der Waals surface area (Å²) in [5, 5.41) is 10.3. The van der Waals surface area contributed by atoms with Gasteiger partial charge in [0.2, 0.25) is 11.6 Å². The number of furan rings is 1. The molecule has 102 valence electrons. The minimum absolute atomic E-state index is 0.0460. The van der Waals surface area contributed by atoms with Gasteiger partial charge in [0, 0.05) is 5.56 Å². The smallest absolute Gasteiger partial charge is 0.213 e. The number of fused-ring (bicyclic) bond motifs is 2. The Morgan fingerprint density at radius 1 is 1.10 bits per heavy atom. The number of aromatic hydroxyl groups is 1. The van der Waals surface area contributed by atoms with E-state index in [-0.39, 0.29) is 39.0 Å². The number of rotatable bonds is 1. The van der Waals surface area contributed by atoms with E-state index in [2.05, 4.69) is 4.98 Å². The number of benzene rings is 1. The first-order valence-electron chi connectivity index (χ1n) is 6.13. The molecule has 0 fully saturated rings. The van der Waals surface area contributed by atoms with E-state index in [1.165, 1.54) is 24.5 Å². The van der Waals surface area contributed by atoms with Crippen LogP contribution in [0.15, 0.2) is 41.0 Å². The summed E-state index contributed by atoms with van der Waals surface area (Å²) in [7, 11) is 0. The molecule has 0 atom stereocenters. The van der Waals surface area contributed by atoms with E-state index >= 15 is 0 Å². The molecule has 1 aromatic carbocycles. The molecule has 21 heavy (non-hydrogen) atoms. The van der Waals surface area contributed by atoms with Crippen LogP contribution in [0.3, 0.4) is 0 Å². The van der Waals surface area contributed by atoms with Crippen LogP contribution in [-0.4, -0.2) is 21.7 Å². The van der Waals surface area contributed by atoms with Gasteiger partial charge in [0.1, 0.15) is 16.3 Å². The minimum atomic E-state index is -0.381. The second-order valence-electron chi connectivity index (χ2n) is 4.53. The zero-order chi connectivity index (χ0) is 14.6. The highest BCUT2D eigenvalue weighted by molar-refractivity contribution is 7.17. The lowest BCUT2D eigenvalue weighted by molar-refractivity contribution is 0.0977. The molecule has 0 saturated heterocycles. The zero-order valence-corrected chi connectivity index (χ0v) is 11.3. The molecule has 1 N–H and O–H groups in total. The third kappa shape index (κ3) is 1.59. The SMILES string of the molecule is O=C1c2cccc(O)c2C(=O)c2sc(-c3ccco3)nc21. The Kier molecular flexibility index (Phi) is 2.37. The summed E-state index contributed by atoms with van der Waals surface area (Å²) in [5.74, 6) is -0.426. The van der Waals surface area contributed by atoms with Crippen LogP contribution < -0.4 is 0 Å². The van der Waals surface area contributed by atoms with E-state index in [4.69, 9.17) is 4.42 Å². The number of carbonyl (C=O) groups is 2. The highest BCUT2D eigenvalue weighted by Crippen LogP contribution is 2.37. The fraction of sp³-hybridized carbons (Fsp3) is 0. The quantitative estimate of drug-likeness (QED) is 0.584. The van der Waals surface area contributed by atoms with Crippen molar-refractivity contribution in [1.82, 2.24) is 4.98 Å². The Balaban J connectivity index is 1.96. The van der Waals surface area contributed by atoms with E-state index in [0.29, 0.717) is 10.8 Å². The molecule has 0 bridgehead atoms. The third-order valence-corrected chi connectivity index (χ3v) is 4.36. The number of hydrogen-bond acceptors (Lipinski definition) is 6. The standard InChI is InChI=1S/C15H7NO4S/c17-8-4-1-3-7-10(8)13(19)14-11(12(7)18)16-15(21-14)9-5-2-6-20-9/h1-6,17H. The molecular weight excluding hydrogens is 290 g/mol. The van der Waals surface area contributed by atoms with Crippen LogP contribution >= 0.6 is 11.3 Å². The molecular formula is C15H7NO4S. The number of thiazole rings is 1. The van der Waals surface area contributed by atoms with Gasteiger partial charge < -0.3 is 9.52 Å². The Bertz CT molecular complexity index is 893. The number of ketones is 2. The number of phenols is 1. The average molecular weight is 297 g/mol. The first kappa shape index (κ1) is 12.0. The molecule has 0 spiro atoms. The molecule has 5 nitrogen and oxygen atoms in total. The van der Waals surface area contributed by atoms with Gasteiger partial charge in [-0.3, -0.25) is 9.59 Å². The van der Waals surface area contributed by atoms with E-state index < -0.39 is 0 Å². The van der Waals surface area contributed by atoms with Crippen LogP contribution in [0.1, 0.15) is 31.3 Å². The van der Waals surface area contributed by atoms with E-state index in [0.717, 1.165) is 11.3 Å².